The highest BCUT2D eigenvalue weighted by Gasteiger charge is 2.22. The largest absolute Gasteiger partial charge is 0.456 e. The number of para-hydroxylation sites is 2. The third-order valence-corrected chi connectivity index (χ3v) is 15.6. The van der Waals surface area contributed by atoms with Gasteiger partial charge in [-0.05, 0) is 162 Å². The molecule has 0 aliphatic heterocycles. The fourth-order valence-corrected chi connectivity index (χ4v) is 11.3. The Kier molecular flexibility index (Phi) is 12.3. The lowest BCUT2D eigenvalue weighted by atomic mass is 9.86. The van der Waals surface area contributed by atoms with Crippen LogP contribution in [-0.4, -0.2) is 0 Å². The Hall–Kier alpha value is -9.44. The number of furan rings is 1. The molecule has 0 unspecified atom stereocenters. The van der Waals surface area contributed by atoms with E-state index in [1.54, 1.807) is 0 Å². The highest BCUT2D eigenvalue weighted by atomic mass is 16.3. The molecule has 13 aromatic rings. The maximum absolute atomic E-state index is 6.91. The van der Waals surface area contributed by atoms with Crippen molar-refractivity contribution in [3.8, 4) is 44.5 Å². The van der Waals surface area contributed by atoms with Crippen molar-refractivity contribution in [2.24, 2.45) is 0 Å². The average Bonchev–Trinajstić information content (AvgIpc) is 4.01. The fourth-order valence-electron chi connectivity index (χ4n) is 11.3. The molecule has 0 saturated heterocycles. The zero-order valence-corrected chi connectivity index (χ0v) is 44.8. The minimum Gasteiger partial charge on any atom is -0.456 e. The standard InChI is InChI=1S/C75H60N2O/c1-50(2)51-27-29-55(30-28-51)67-23-13-15-26-72(67)77(64-22-16-21-57(43-64)53-19-10-7-11-20-53)66-42-36-59-47-70-69-46-58-35-41-65(44-60(58)48-73(69)78-74(70)49-61(59)45-66)76(63-39-33-54(34-40-63)52-17-8-6-9-18-52)71-25-14-12-24-68(71)56-31-37-62(38-32-56)75(3,4)5/h6-50H,1-5H3. The molecule has 0 spiro atoms. The van der Waals surface area contributed by atoms with Gasteiger partial charge in [0.1, 0.15) is 11.2 Å². The Balaban J connectivity index is 0.916. The molecule has 1 aromatic heterocycles. The molecule has 0 bridgehead atoms. The topological polar surface area (TPSA) is 19.6 Å². The van der Waals surface area contributed by atoms with Crippen LogP contribution in [0.1, 0.15) is 51.7 Å². The lowest BCUT2D eigenvalue weighted by Crippen LogP contribution is -2.12. The lowest BCUT2D eigenvalue weighted by molar-refractivity contribution is 0.590. The first kappa shape index (κ1) is 48.2. The molecular weight excluding hydrogens is 945 g/mol. The van der Waals surface area contributed by atoms with Gasteiger partial charge in [0, 0.05) is 44.6 Å². The number of fused-ring (bicyclic) bond motifs is 5. The summed E-state index contributed by atoms with van der Waals surface area (Å²) in [5.74, 6) is 0.456. The SMILES string of the molecule is CC(C)c1ccc(-c2ccccc2N(c2cccc(-c3ccccc3)c2)c2ccc3cc4c(cc3c2)oc2cc3cc(N(c5ccc(-c6ccccc6)cc5)c5ccccc5-c5ccc(C(C)(C)C)cc5)ccc3cc24)cc1. The van der Waals surface area contributed by atoms with Gasteiger partial charge in [-0.3, -0.25) is 0 Å². The van der Waals surface area contributed by atoms with Crippen molar-refractivity contribution in [2.75, 3.05) is 9.80 Å². The van der Waals surface area contributed by atoms with Crippen LogP contribution in [0.15, 0.2) is 271 Å². The predicted octanol–water partition coefficient (Wildman–Crippen LogP) is 21.9. The molecule has 0 atom stereocenters. The predicted molar refractivity (Wildman–Crippen MR) is 333 cm³/mol. The monoisotopic (exact) mass is 1000 g/mol. The van der Waals surface area contributed by atoms with Gasteiger partial charge in [0.15, 0.2) is 0 Å². The third kappa shape index (κ3) is 9.18. The van der Waals surface area contributed by atoms with E-state index in [2.05, 4.69) is 311 Å². The van der Waals surface area contributed by atoms with Crippen molar-refractivity contribution < 1.29 is 4.42 Å². The summed E-state index contributed by atoms with van der Waals surface area (Å²) in [6, 6.07) is 97.5. The van der Waals surface area contributed by atoms with Crippen molar-refractivity contribution in [1.82, 2.24) is 0 Å². The van der Waals surface area contributed by atoms with Crippen LogP contribution in [-0.2, 0) is 5.41 Å². The van der Waals surface area contributed by atoms with Crippen molar-refractivity contribution in [1.29, 1.82) is 0 Å². The maximum Gasteiger partial charge on any atom is 0.136 e. The van der Waals surface area contributed by atoms with E-state index in [1.807, 2.05) is 0 Å². The summed E-state index contributed by atoms with van der Waals surface area (Å²) in [5.41, 5.74) is 20.3. The van der Waals surface area contributed by atoms with Gasteiger partial charge in [-0.15, -0.1) is 0 Å². The minimum atomic E-state index is 0.0609. The minimum absolute atomic E-state index is 0.0609. The van der Waals surface area contributed by atoms with Crippen LogP contribution in [0.2, 0.25) is 0 Å². The van der Waals surface area contributed by atoms with Gasteiger partial charge >= 0.3 is 0 Å². The normalized spacial score (nSPS) is 11.8. The van der Waals surface area contributed by atoms with Crippen molar-refractivity contribution in [2.45, 2.75) is 46.0 Å². The van der Waals surface area contributed by atoms with Crippen LogP contribution in [0.5, 0.6) is 0 Å². The molecule has 3 heteroatoms. The molecule has 0 N–H and O–H groups in total. The molecule has 78 heavy (non-hydrogen) atoms. The van der Waals surface area contributed by atoms with Crippen LogP contribution < -0.4 is 9.80 Å². The Morgan fingerprint density at radius 3 is 1.27 bits per heavy atom. The van der Waals surface area contributed by atoms with E-state index in [0.29, 0.717) is 5.92 Å². The van der Waals surface area contributed by atoms with Crippen LogP contribution in [0.25, 0.3) is 88.0 Å². The van der Waals surface area contributed by atoms with E-state index >= 15 is 0 Å². The molecule has 3 nitrogen and oxygen atoms in total. The van der Waals surface area contributed by atoms with Crippen LogP contribution in [0.4, 0.5) is 34.1 Å². The quantitative estimate of drug-likeness (QED) is 0.129. The number of rotatable bonds is 11. The smallest absolute Gasteiger partial charge is 0.136 e. The zero-order valence-electron chi connectivity index (χ0n) is 44.8. The van der Waals surface area contributed by atoms with Gasteiger partial charge < -0.3 is 14.2 Å². The lowest BCUT2D eigenvalue weighted by Gasteiger charge is -2.28. The first-order valence-electron chi connectivity index (χ1n) is 27.2. The Morgan fingerprint density at radius 1 is 0.321 bits per heavy atom. The molecule has 13 rings (SSSR count). The number of anilines is 6. The molecule has 0 saturated carbocycles. The van der Waals surface area contributed by atoms with E-state index < -0.39 is 0 Å². The average molecular weight is 1010 g/mol. The summed E-state index contributed by atoms with van der Waals surface area (Å²) in [6.45, 7) is 11.3. The fraction of sp³-hybridized carbons (Fsp3) is 0.0933. The second-order valence-corrected chi connectivity index (χ2v) is 22.0. The summed E-state index contributed by atoms with van der Waals surface area (Å²) in [6.07, 6.45) is 0. The van der Waals surface area contributed by atoms with Gasteiger partial charge in [0.2, 0.25) is 0 Å². The summed E-state index contributed by atoms with van der Waals surface area (Å²) in [4.78, 5) is 4.81. The Labute approximate surface area is 457 Å². The number of nitrogens with zero attached hydrogens (tertiary/aromatic N) is 2. The molecule has 0 aliphatic carbocycles. The summed E-state index contributed by atoms with van der Waals surface area (Å²) < 4.78 is 6.91. The summed E-state index contributed by atoms with van der Waals surface area (Å²) in [7, 11) is 0. The molecule has 1 heterocycles. The molecule has 0 fully saturated rings. The van der Waals surface area contributed by atoms with Gasteiger partial charge in [0.25, 0.3) is 0 Å². The van der Waals surface area contributed by atoms with E-state index in [0.717, 1.165) is 88.7 Å². The number of benzene rings is 12. The summed E-state index contributed by atoms with van der Waals surface area (Å²) >= 11 is 0. The van der Waals surface area contributed by atoms with Crippen LogP contribution in [0, 0.1) is 0 Å². The Morgan fingerprint density at radius 2 is 0.744 bits per heavy atom. The van der Waals surface area contributed by atoms with Crippen molar-refractivity contribution in [3.05, 3.63) is 278 Å². The molecule has 0 radical (unpaired) electrons. The first-order valence-corrected chi connectivity index (χ1v) is 27.2. The Bertz CT molecular complexity index is 4300. The molecule has 376 valence electrons. The number of hydrogen-bond acceptors (Lipinski definition) is 3. The second kappa shape index (κ2) is 19.9. The highest BCUT2D eigenvalue weighted by Crippen LogP contribution is 2.46. The van der Waals surface area contributed by atoms with Gasteiger partial charge in [-0.1, -0.05) is 217 Å². The van der Waals surface area contributed by atoms with E-state index in [4.69, 9.17) is 4.42 Å². The molecule has 0 amide bonds. The zero-order chi connectivity index (χ0) is 52.9. The highest BCUT2D eigenvalue weighted by molar-refractivity contribution is 6.14. The van der Waals surface area contributed by atoms with Crippen LogP contribution >= 0.6 is 0 Å². The van der Waals surface area contributed by atoms with Gasteiger partial charge in [-0.25, -0.2) is 0 Å². The molecule has 0 aliphatic rings. The van der Waals surface area contributed by atoms with E-state index in [9.17, 15) is 0 Å². The van der Waals surface area contributed by atoms with Gasteiger partial charge in [-0.2, -0.15) is 0 Å². The summed E-state index contributed by atoms with van der Waals surface area (Å²) in [5, 5.41) is 6.72. The van der Waals surface area contributed by atoms with E-state index in [1.165, 1.54) is 44.5 Å². The second-order valence-electron chi connectivity index (χ2n) is 22.0. The van der Waals surface area contributed by atoms with E-state index in [-0.39, 0.29) is 5.41 Å². The third-order valence-electron chi connectivity index (χ3n) is 15.6. The van der Waals surface area contributed by atoms with Crippen molar-refractivity contribution in [3.63, 3.8) is 0 Å². The van der Waals surface area contributed by atoms with Crippen molar-refractivity contribution >= 4 is 77.6 Å². The van der Waals surface area contributed by atoms with Crippen LogP contribution in [0.3, 0.4) is 0 Å². The van der Waals surface area contributed by atoms with Gasteiger partial charge in [0.05, 0.1) is 11.4 Å². The maximum atomic E-state index is 6.91. The molecular formula is C75H60N2O. The first-order chi connectivity index (χ1) is 38.1. The number of hydrogen-bond donors (Lipinski definition) is 0. The molecule has 12 aromatic carbocycles.